The molecule has 0 saturated heterocycles. The first kappa shape index (κ1) is 21.3. The zero-order valence-corrected chi connectivity index (χ0v) is 19.4. The van der Waals surface area contributed by atoms with Gasteiger partial charge in [-0.25, -0.2) is 4.98 Å². The molecule has 28 heavy (non-hydrogen) atoms. The Morgan fingerprint density at radius 3 is 2.79 bits per heavy atom. The smallest absolute Gasteiger partial charge is 0.306 e. The standard InChI is InChI=1S/C19H16Br2N2O3S2/c20-12-7-8-14(13(21)10-12)22-17(24)11-26-18(25)6-3-9-27-19-23-15-4-1-2-5-16(15)28-19/h1-2,4-5,7-8,10H,3,6,9,11H2,(H,22,24). The Kier molecular flexibility index (Phi) is 7.90. The van der Waals surface area contributed by atoms with Crippen LogP contribution >= 0.6 is 55.0 Å². The number of carbonyl (C=O) groups excluding carboxylic acids is 2. The van der Waals surface area contributed by atoms with Crippen LogP contribution in [0.1, 0.15) is 12.8 Å². The van der Waals surface area contributed by atoms with E-state index in [2.05, 4.69) is 42.2 Å². The lowest BCUT2D eigenvalue weighted by Crippen LogP contribution is -2.21. The van der Waals surface area contributed by atoms with E-state index in [1.54, 1.807) is 29.2 Å². The Bertz CT molecular complexity index is 961. The van der Waals surface area contributed by atoms with E-state index in [0.29, 0.717) is 12.1 Å². The van der Waals surface area contributed by atoms with E-state index in [1.807, 2.05) is 36.4 Å². The molecule has 9 heteroatoms. The summed E-state index contributed by atoms with van der Waals surface area (Å²) in [6.07, 6.45) is 0.937. The van der Waals surface area contributed by atoms with Gasteiger partial charge >= 0.3 is 5.97 Å². The third-order valence-corrected chi connectivity index (χ3v) is 7.01. The molecule has 0 aliphatic heterocycles. The molecule has 0 bridgehead atoms. The van der Waals surface area contributed by atoms with Gasteiger partial charge in [0.05, 0.1) is 15.9 Å². The fraction of sp³-hybridized carbons (Fsp3) is 0.211. The molecule has 1 heterocycles. The highest BCUT2D eigenvalue weighted by Gasteiger charge is 2.10. The zero-order chi connectivity index (χ0) is 19.9. The predicted molar refractivity (Wildman–Crippen MR) is 121 cm³/mol. The number of halogens is 2. The molecule has 0 spiro atoms. The number of thioether (sulfide) groups is 1. The lowest BCUT2D eigenvalue weighted by Gasteiger charge is -2.08. The van der Waals surface area contributed by atoms with Crippen LogP contribution in [0, 0.1) is 0 Å². The quantitative estimate of drug-likeness (QED) is 0.218. The van der Waals surface area contributed by atoms with Crippen LogP contribution in [0.4, 0.5) is 5.69 Å². The van der Waals surface area contributed by atoms with Crippen molar-refractivity contribution < 1.29 is 14.3 Å². The van der Waals surface area contributed by atoms with E-state index in [4.69, 9.17) is 4.74 Å². The molecule has 0 radical (unpaired) electrons. The summed E-state index contributed by atoms with van der Waals surface area (Å²) in [6, 6.07) is 13.4. The van der Waals surface area contributed by atoms with Crippen molar-refractivity contribution in [3.63, 3.8) is 0 Å². The summed E-state index contributed by atoms with van der Waals surface area (Å²) >= 11 is 10.00. The molecule has 1 aromatic heterocycles. The van der Waals surface area contributed by atoms with Crippen molar-refractivity contribution in [1.82, 2.24) is 4.98 Å². The molecule has 0 aliphatic carbocycles. The van der Waals surface area contributed by atoms with E-state index in [1.165, 1.54) is 0 Å². The number of hydrogen-bond donors (Lipinski definition) is 1. The Labute approximate surface area is 187 Å². The summed E-state index contributed by atoms with van der Waals surface area (Å²) in [6.45, 7) is -0.299. The molecular formula is C19H16Br2N2O3S2. The number of rotatable bonds is 8. The first-order chi connectivity index (χ1) is 13.5. The van der Waals surface area contributed by atoms with E-state index < -0.39 is 0 Å². The van der Waals surface area contributed by atoms with Crippen LogP contribution in [0.2, 0.25) is 0 Å². The average molecular weight is 544 g/mol. The van der Waals surface area contributed by atoms with Crippen LogP contribution in [-0.4, -0.2) is 29.2 Å². The minimum absolute atomic E-state index is 0.271. The highest BCUT2D eigenvalue weighted by Crippen LogP contribution is 2.30. The highest BCUT2D eigenvalue weighted by molar-refractivity contribution is 9.11. The number of carbonyl (C=O) groups is 2. The van der Waals surface area contributed by atoms with Gasteiger partial charge in [-0.15, -0.1) is 11.3 Å². The van der Waals surface area contributed by atoms with E-state index in [9.17, 15) is 9.59 Å². The summed E-state index contributed by atoms with van der Waals surface area (Å²) in [5.74, 6) is 0.0163. The third-order valence-electron chi connectivity index (χ3n) is 3.59. The minimum Gasteiger partial charge on any atom is -0.456 e. The molecule has 1 N–H and O–H groups in total. The van der Waals surface area contributed by atoms with E-state index in [0.717, 1.165) is 29.3 Å². The first-order valence-electron chi connectivity index (χ1n) is 8.40. The molecule has 0 aliphatic rings. The normalized spacial score (nSPS) is 10.8. The van der Waals surface area contributed by atoms with Gasteiger partial charge in [0, 0.05) is 21.1 Å². The van der Waals surface area contributed by atoms with Gasteiger partial charge in [0.15, 0.2) is 10.9 Å². The van der Waals surface area contributed by atoms with Crippen molar-refractivity contribution in [2.45, 2.75) is 17.2 Å². The average Bonchev–Trinajstić information content (AvgIpc) is 3.09. The van der Waals surface area contributed by atoms with Gasteiger partial charge in [0.2, 0.25) is 0 Å². The van der Waals surface area contributed by atoms with Crippen LogP contribution in [-0.2, 0) is 14.3 Å². The molecule has 3 rings (SSSR count). The van der Waals surface area contributed by atoms with Gasteiger partial charge in [0.1, 0.15) is 0 Å². The Morgan fingerprint density at radius 2 is 2.00 bits per heavy atom. The van der Waals surface area contributed by atoms with E-state index >= 15 is 0 Å². The maximum absolute atomic E-state index is 11.9. The number of para-hydroxylation sites is 1. The van der Waals surface area contributed by atoms with Gasteiger partial charge in [-0.05, 0) is 52.7 Å². The Morgan fingerprint density at radius 1 is 1.18 bits per heavy atom. The molecule has 1 amide bonds. The minimum atomic E-state index is -0.380. The van der Waals surface area contributed by atoms with E-state index in [-0.39, 0.29) is 24.9 Å². The molecule has 146 valence electrons. The molecule has 0 unspecified atom stereocenters. The van der Waals surface area contributed by atoms with Gasteiger partial charge in [-0.1, -0.05) is 39.8 Å². The fourth-order valence-electron chi connectivity index (χ4n) is 2.28. The maximum Gasteiger partial charge on any atom is 0.306 e. The fourth-order valence-corrected chi connectivity index (χ4v) is 5.51. The van der Waals surface area contributed by atoms with Gasteiger partial charge in [0.25, 0.3) is 5.91 Å². The summed E-state index contributed by atoms with van der Waals surface area (Å²) < 4.78 is 8.84. The SMILES string of the molecule is O=C(COC(=O)CCCSc1nc2ccccc2s1)Nc1ccc(Br)cc1Br. The lowest BCUT2D eigenvalue weighted by molar-refractivity contribution is -0.147. The van der Waals surface area contributed by atoms with Gasteiger partial charge in [-0.2, -0.15) is 0 Å². The molecule has 3 aromatic rings. The summed E-state index contributed by atoms with van der Waals surface area (Å²) in [4.78, 5) is 28.3. The molecule has 5 nitrogen and oxygen atoms in total. The second kappa shape index (κ2) is 10.4. The number of esters is 1. The molecule has 0 fully saturated rings. The molecule has 0 saturated carbocycles. The second-order valence-electron chi connectivity index (χ2n) is 5.73. The lowest BCUT2D eigenvalue weighted by atomic mass is 10.3. The maximum atomic E-state index is 11.9. The van der Waals surface area contributed by atoms with Gasteiger partial charge in [-0.3, -0.25) is 9.59 Å². The third kappa shape index (κ3) is 6.30. The monoisotopic (exact) mass is 542 g/mol. The van der Waals surface area contributed by atoms with Crippen LogP contribution in [0.5, 0.6) is 0 Å². The van der Waals surface area contributed by atoms with Crippen LogP contribution < -0.4 is 5.32 Å². The van der Waals surface area contributed by atoms with Crippen molar-refractivity contribution >= 4 is 82.7 Å². The van der Waals surface area contributed by atoms with Crippen molar-refractivity contribution in [3.8, 4) is 0 Å². The number of ether oxygens (including phenoxy) is 1. The van der Waals surface area contributed by atoms with Crippen molar-refractivity contribution in [2.24, 2.45) is 0 Å². The predicted octanol–water partition coefficient (Wildman–Crippen LogP) is 5.88. The number of fused-ring (bicyclic) bond motifs is 1. The highest BCUT2D eigenvalue weighted by atomic mass is 79.9. The number of hydrogen-bond acceptors (Lipinski definition) is 6. The number of benzene rings is 2. The largest absolute Gasteiger partial charge is 0.456 e. The topological polar surface area (TPSA) is 68.3 Å². The molecule has 2 aromatic carbocycles. The Hall–Kier alpha value is -1.42. The van der Waals surface area contributed by atoms with Crippen molar-refractivity contribution in [2.75, 3.05) is 17.7 Å². The second-order valence-corrected chi connectivity index (χ2v) is 9.88. The summed E-state index contributed by atoms with van der Waals surface area (Å²) in [5.41, 5.74) is 1.62. The number of anilines is 1. The van der Waals surface area contributed by atoms with Crippen molar-refractivity contribution in [1.29, 1.82) is 0 Å². The Balaban J connectivity index is 1.34. The first-order valence-corrected chi connectivity index (χ1v) is 11.8. The zero-order valence-electron chi connectivity index (χ0n) is 14.6. The van der Waals surface area contributed by atoms with Crippen LogP contribution in [0.15, 0.2) is 55.7 Å². The molecular weight excluding hydrogens is 528 g/mol. The van der Waals surface area contributed by atoms with Crippen LogP contribution in [0.3, 0.4) is 0 Å². The summed E-state index contributed by atoms with van der Waals surface area (Å²) in [5, 5.41) is 2.70. The van der Waals surface area contributed by atoms with Crippen molar-refractivity contribution in [3.05, 3.63) is 51.4 Å². The van der Waals surface area contributed by atoms with Gasteiger partial charge < -0.3 is 10.1 Å². The number of nitrogens with zero attached hydrogens (tertiary/aromatic N) is 1. The number of thiazole rings is 1. The number of amides is 1. The number of aromatic nitrogens is 1. The molecule has 0 atom stereocenters. The van der Waals surface area contributed by atoms with Crippen LogP contribution in [0.25, 0.3) is 10.2 Å². The summed E-state index contributed by atoms with van der Waals surface area (Å²) in [7, 11) is 0. The number of nitrogens with one attached hydrogen (secondary N) is 1.